The third-order valence-electron chi connectivity index (χ3n) is 5.92. The number of hydrogen-bond acceptors (Lipinski definition) is 1. The second-order valence-corrected chi connectivity index (χ2v) is 14.0. The molecule has 0 aliphatic carbocycles. The summed E-state index contributed by atoms with van der Waals surface area (Å²) < 4.78 is 0. The van der Waals surface area contributed by atoms with Crippen LogP contribution in [0, 0.1) is 0 Å². The molecule has 0 amide bonds. The van der Waals surface area contributed by atoms with Crippen LogP contribution in [0.25, 0.3) is 0 Å². The van der Waals surface area contributed by atoms with Gasteiger partial charge in [-0.2, -0.15) is 0 Å². The Morgan fingerprint density at radius 3 is 1.29 bits per heavy atom. The minimum atomic E-state index is -3.79. The predicted molar refractivity (Wildman–Crippen MR) is 132 cm³/mol. The maximum atomic E-state index is 12.2. The van der Waals surface area contributed by atoms with E-state index in [0.29, 0.717) is 0 Å². The molecule has 0 radical (unpaired) electrons. The van der Waals surface area contributed by atoms with E-state index in [1.807, 2.05) is 121 Å². The van der Waals surface area contributed by atoms with Gasteiger partial charge in [0.05, 0.1) is 0 Å². The van der Waals surface area contributed by atoms with Crippen molar-refractivity contribution in [2.45, 2.75) is 12.1 Å². The first-order valence-corrected chi connectivity index (χ1v) is 13.4. The first kappa shape index (κ1) is 21.3. The molecular weight excluding hydrogens is 423 g/mol. The first-order valence-electron chi connectivity index (χ1n) is 10.2. The van der Waals surface area contributed by atoms with Crippen molar-refractivity contribution in [2.75, 3.05) is 0 Å². The summed E-state index contributed by atoms with van der Waals surface area (Å²) >= 11 is 8.19. The number of rotatable bonds is 7. The molecule has 1 N–H and O–H groups in total. The Morgan fingerprint density at radius 2 is 0.968 bits per heavy atom. The molecule has 2 nitrogen and oxygen atoms in total. The second-order valence-electron chi connectivity index (χ2n) is 7.60. The van der Waals surface area contributed by atoms with Crippen molar-refractivity contribution in [2.24, 2.45) is 0 Å². The number of halogens is 1. The fourth-order valence-corrected chi connectivity index (χ4v) is 11.6. The summed E-state index contributed by atoms with van der Waals surface area (Å²) in [4.78, 5) is 12.2. The Morgan fingerprint density at radius 1 is 0.645 bits per heavy atom. The van der Waals surface area contributed by atoms with Gasteiger partial charge in [0.1, 0.15) is 0 Å². The molecule has 4 rings (SSSR count). The van der Waals surface area contributed by atoms with Crippen LogP contribution in [0.3, 0.4) is 0 Å². The number of aliphatic carboxylic acids is 1. The van der Waals surface area contributed by atoms with Gasteiger partial charge in [-0.25, -0.2) is 0 Å². The SMILES string of the molecule is O=C(O)CC(c1ccccc1)P(Cl)(c1ccccc1)(c1ccccc1)c1ccccc1. The number of carbonyl (C=O) groups is 1. The first-order chi connectivity index (χ1) is 15.1. The standard InChI is InChI=1S/C27H24ClO2P/c28-31(23-15-7-2-8-16-23,24-17-9-3-10-18-24,25-19-11-4-12-20-25)26(21-27(29)30)22-13-5-1-6-14-22/h1-20,26H,21H2,(H,29,30). The van der Waals surface area contributed by atoms with Crippen LogP contribution in [0.4, 0.5) is 0 Å². The summed E-state index contributed by atoms with van der Waals surface area (Å²) in [5.74, 6) is -4.66. The van der Waals surface area contributed by atoms with Crippen LogP contribution < -0.4 is 15.9 Å². The minimum absolute atomic E-state index is 0.0793. The Kier molecular flexibility index (Phi) is 5.96. The van der Waals surface area contributed by atoms with E-state index in [0.717, 1.165) is 21.5 Å². The van der Waals surface area contributed by atoms with E-state index in [1.54, 1.807) is 0 Å². The molecule has 1 unspecified atom stereocenters. The molecule has 0 saturated carbocycles. The van der Waals surface area contributed by atoms with Gasteiger partial charge < -0.3 is 0 Å². The Hall–Kier alpha value is -2.93. The molecule has 0 aromatic heterocycles. The molecule has 1 atom stereocenters. The van der Waals surface area contributed by atoms with Gasteiger partial charge in [-0.15, -0.1) is 0 Å². The van der Waals surface area contributed by atoms with Gasteiger partial charge in [-0.3, -0.25) is 0 Å². The number of hydrogen-bond donors (Lipinski definition) is 1. The summed E-state index contributed by atoms with van der Waals surface area (Å²) in [6.07, 6.45) is -0.0793. The van der Waals surface area contributed by atoms with Crippen molar-refractivity contribution in [3.8, 4) is 0 Å². The third kappa shape index (κ3) is 3.57. The zero-order valence-electron chi connectivity index (χ0n) is 17.0. The molecule has 0 bridgehead atoms. The molecule has 0 fully saturated rings. The van der Waals surface area contributed by atoms with E-state index in [2.05, 4.69) is 0 Å². The monoisotopic (exact) mass is 446 g/mol. The normalized spacial score (nSPS) is 13.6. The van der Waals surface area contributed by atoms with Crippen molar-refractivity contribution in [3.05, 3.63) is 127 Å². The van der Waals surface area contributed by atoms with Crippen LogP contribution in [-0.4, -0.2) is 11.1 Å². The molecule has 4 aromatic carbocycles. The fraction of sp³-hybridized carbons (Fsp3) is 0.0741. The van der Waals surface area contributed by atoms with Gasteiger partial charge in [0.15, 0.2) is 0 Å². The predicted octanol–water partition coefficient (Wildman–Crippen LogP) is 5.89. The Labute approximate surface area is 187 Å². The molecular formula is C27H24ClO2P. The van der Waals surface area contributed by atoms with Crippen molar-refractivity contribution >= 4 is 39.1 Å². The maximum absolute atomic E-state index is 12.2. The van der Waals surface area contributed by atoms with Gasteiger partial charge >= 0.3 is 188 Å². The van der Waals surface area contributed by atoms with E-state index in [1.165, 1.54) is 0 Å². The molecule has 4 heteroatoms. The Bertz CT molecular complexity index is 1050. The fourth-order valence-electron chi connectivity index (χ4n) is 4.56. The van der Waals surface area contributed by atoms with Crippen molar-refractivity contribution in [1.29, 1.82) is 0 Å². The van der Waals surface area contributed by atoms with Crippen LogP contribution in [0.15, 0.2) is 121 Å². The zero-order chi connectivity index (χ0) is 21.8. The van der Waals surface area contributed by atoms with E-state index < -0.39 is 17.6 Å². The summed E-state index contributed by atoms with van der Waals surface area (Å²) in [6.45, 7) is 0. The van der Waals surface area contributed by atoms with Crippen LogP contribution in [0.1, 0.15) is 17.6 Å². The van der Waals surface area contributed by atoms with Crippen LogP contribution >= 0.6 is 17.2 Å². The van der Waals surface area contributed by atoms with Crippen LogP contribution in [-0.2, 0) is 4.79 Å². The summed E-state index contributed by atoms with van der Waals surface area (Å²) in [6, 6.07) is 39.9. The van der Waals surface area contributed by atoms with Crippen molar-refractivity contribution in [3.63, 3.8) is 0 Å². The van der Waals surface area contributed by atoms with Gasteiger partial charge in [-0.05, 0) is 0 Å². The van der Waals surface area contributed by atoms with E-state index >= 15 is 0 Å². The molecule has 0 aliphatic rings. The third-order valence-corrected chi connectivity index (χ3v) is 14.0. The molecule has 0 aliphatic heterocycles. The molecule has 0 saturated heterocycles. The van der Waals surface area contributed by atoms with E-state index in [-0.39, 0.29) is 6.42 Å². The van der Waals surface area contributed by atoms with Crippen LogP contribution in [0.2, 0.25) is 0 Å². The average Bonchev–Trinajstić information content (AvgIpc) is 2.84. The number of benzene rings is 4. The summed E-state index contributed by atoms with van der Waals surface area (Å²) in [5.41, 5.74) is 0.479. The van der Waals surface area contributed by atoms with Crippen molar-refractivity contribution in [1.82, 2.24) is 0 Å². The van der Waals surface area contributed by atoms with Crippen molar-refractivity contribution < 1.29 is 9.90 Å². The molecule has 4 aromatic rings. The zero-order valence-corrected chi connectivity index (χ0v) is 18.7. The molecule has 156 valence electrons. The van der Waals surface area contributed by atoms with Gasteiger partial charge in [-0.1, -0.05) is 0 Å². The van der Waals surface area contributed by atoms with E-state index in [9.17, 15) is 9.90 Å². The summed E-state index contributed by atoms with van der Waals surface area (Å²) in [5, 5.41) is 12.9. The summed E-state index contributed by atoms with van der Waals surface area (Å²) in [7, 11) is 0. The quantitative estimate of drug-likeness (QED) is 0.359. The van der Waals surface area contributed by atoms with Gasteiger partial charge in [0.25, 0.3) is 0 Å². The van der Waals surface area contributed by atoms with Gasteiger partial charge in [0, 0.05) is 0 Å². The molecule has 31 heavy (non-hydrogen) atoms. The topological polar surface area (TPSA) is 37.3 Å². The van der Waals surface area contributed by atoms with Gasteiger partial charge in [0.2, 0.25) is 0 Å². The average molecular weight is 447 g/mol. The number of carboxylic acids is 1. The second kappa shape index (κ2) is 8.67. The molecule has 0 spiro atoms. The Balaban J connectivity index is 2.20. The van der Waals surface area contributed by atoms with Crippen LogP contribution in [0.5, 0.6) is 0 Å². The molecule has 0 heterocycles. The number of carboxylic acid groups (broad SMARTS) is 1. The van der Waals surface area contributed by atoms with E-state index in [4.69, 9.17) is 11.2 Å².